The fourth-order valence-electron chi connectivity index (χ4n) is 3.90. The number of fused-ring (bicyclic) bond motifs is 1. The molecule has 0 unspecified atom stereocenters. The van der Waals surface area contributed by atoms with Crippen molar-refractivity contribution >= 4 is 21.6 Å². The van der Waals surface area contributed by atoms with Crippen LogP contribution in [-0.4, -0.2) is 51.4 Å². The van der Waals surface area contributed by atoms with Gasteiger partial charge in [0.25, 0.3) is 0 Å². The summed E-state index contributed by atoms with van der Waals surface area (Å²) in [6.45, 7) is 10.6. The molecule has 6 nitrogen and oxygen atoms in total. The van der Waals surface area contributed by atoms with Gasteiger partial charge in [0.2, 0.25) is 15.9 Å². The fraction of sp³-hybridized carbons (Fsp3) is 0.632. The molecule has 3 rings (SSSR count). The SMILES string of the molecule is CC(C)NS(=O)(=O)c1ccc2c(c1)C(C)(C)CN2CC(=O)N1CCCC1. The second-order valence-electron chi connectivity index (χ2n) is 8.28. The van der Waals surface area contributed by atoms with E-state index in [-0.39, 0.29) is 22.3 Å². The number of anilines is 1. The summed E-state index contributed by atoms with van der Waals surface area (Å²) in [6.07, 6.45) is 2.16. The zero-order chi connectivity index (χ0) is 19.1. The van der Waals surface area contributed by atoms with Crippen LogP contribution in [0.3, 0.4) is 0 Å². The Morgan fingerprint density at radius 3 is 2.50 bits per heavy atom. The molecular weight excluding hydrogens is 350 g/mol. The maximum Gasteiger partial charge on any atom is 0.242 e. The highest BCUT2D eigenvalue weighted by molar-refractivity contribution is 7.89. The lowest BCUT2D eigenvalue weighted by Gasteiger charge is -2.24. The predicted octanol–water partition coefficient (Wildman–Crippen LogP) is 2.09. The minimum atomic E-state index is -3.53. The van der Waals surface area contributed by atoms with Crippen molar-refractivity contribution in [3.8, 4) is 0 Å². The molecule has 1 aromatic carbocycles. The Balaban J connectivity index is 1.87. The quantitative estimate of drug-likeness (QED) is 0.851. The van der Waals surface area contributed by atoms with Gasteiger partial charge in [0.15, 0.2) is 0 Å². The molecule has 2 heterocycles. The van der Waals surface area contributed by atoms with Crippen molar-refractivity contribution in [3.05, 3.63) is 23.8 Å². The number of hydrogen-bond donors (Lipinski definition) is 1. The highest BCUT2D eigenvalue weighted by Gasteiger charge is 2.37. The fourth-order valence-corrected chi connectivity index (χ4v) is 5.17. The Morgan fingerprint density at radius 1 is 1.23 bits per heavy atom. The lowest BCUT2D eigenvalue weighted by atomic mass is 9.87. The number of amides is 1. The molecule has 0 bridgehead atoms. The predicted molar refractivity (Wildman–Crippen MR) is 103 cm³/mol. The molecule has 1 amide bonds. The van der Waals surface area contributed by atoms with Crippen LogP contribution in [0.1, 0.15) is 46.1 Å². The van der Waals surface area contributed by atoms with E-state index in [1.165, 1.54) is 0 Å². The van der Waals surface area contributed by atoms with E-state index in [0.717, 1.165) is 37.2 Å². The minimum absolute atomic E-state index is 0.157. The number of nitrogens with zero attached hydrogens (tertiary/aromatic N) is 2. The third-order valence-electron chi connectivity index (χ3n) is 5.11. The third kappa shape index (κ3) is 3.74. The minimum Gasteiger partial charge on any atom is -0.361 e. The molecule has 0 aromatic heterocycles. The Morgan fingerprint density at radius 2 is 1.88 bits per heavy atom. The van der Waals surface area contributed by atoms with Crippen LogP contribution in [0.5, 0.6) is 0 Å². The van der Waals surface area contributed by atoms with Crippen LogP contribution < -0.4 is 9.62 Å². The number of rotatable bonds is 5. The number of carbonyl (C=O) groups is 1. The number of hydrogen-bond acceptors (Lipinski definition) is 4. The largest absolute Gasteiger partial charge is 0.361 e. The van der Waals surface area contributed by atoms with Gasteiger partial charge < -0.3 is 9.80 Å². The molecule has 0 aliphatic carbocycles. The van der Waals surface area contributed by atoms with Gasteiger partial charge >= 0.3 is 0 Å². The molecule has 7 heteroatoms. The van der Waals surface area contributed by atoms with Gasteiger partial charge in [-0.15, -0.1) is 0 Å². The molecule has 0 atom stereocenters. The molecular formula is C19H29N3O3S. The van der Waals surface area contributed by atoms with Gasteiger partial charge in [0, 0.05) is 36.8 Å². The van der Waals surface area contributed by atoms with Gasteiger partial charge in [-0.05, 0) is 50.5 Å². The van der Waals surface area contributed by atoms with Crippen LogP contribution in [0.2, 0.25) is 0 Å². The van der Waals surface area contributed by atoms with E-state index in [4.69, 9.17) is 0 Å². The summed E-state index contributed by atoms with van der Waals surface area (Å²) in [4.78, 5) is 16.8. The number of nitrogens with one attached hydrogen (secondary N) is 1. The molecule has 1 saturated heterocycles. The van der Waals surface area contributed by atoms with Crippen molar-refractivity contribution in [2.45, 2.75) is 56.9 Å². The van der Waals surface area contributed by atoms with E-state index < -0.39 is 10.0 Å². The summed E-state index contributed by atoms with van der Waals surface area (Å²) in [5.74, 6) is 0.157. The maximum atomic E-state index is 12.5. The molecule has 0 saturated carbocycles. The van der Waals surface area contributed by atoms with Crippen molar-refractivity contribution in [3.63, 3.8) is 0 Å². The molecule has 0 radical (unpaired) electrons. The number of likely N-dealkylation sites (tertiary alicyclic amines) is 1. The molecule has 144 valence electrons. The normalized spacial score (nSPS) is 19.3. The van der Waals surface area contributed by atoms with Crippen LogP contribution in [0.15, 0.2) is 23.1 Å². The topological polar surface area (TPSA) is 69.7 Å². The number of sulfonamides is 1. The Bertz CT molecular complexity index is 796. The van der Waals surface area contributed by atoms with Gasteiger partial charge in [-0.25, -0.2) is 13.1 Å². The van der Waals surface area contributed by atoms with E-state index in [0.29, 0.717) is 13.1 Å². The van der Waals surface area contributed by atoms with Crippen LogP contribution in [0.25, 0.3) is 0 Å². The number of benzene rings is 1. The second-order valence-corrected chi connectivity index (χ2v) is 10.00. The number of carbonyl (C=O) groups excluding carboxylic acids is 1. The van der Waals surface area contributed by atoms with Crippen molar-refractivity contribution in [2.75, 3.05) is 31.1 Å². The lowest BCUT2D eigenvalue weighted by molar-refractivity contribution is -0.128. The molecule has 2 aliphatic heterocycles. The van der Waals surface area contributed by atoms with Crippen LogP contribution in [0, 0.1) is 0 Å². The van der Waals surface area contributed by atoms with Crippen LogP contribution in [0.4, 0.5) is 5.69 Å². The summed E-state index contributed by atoms with van der Waals surface area (Å²) in [7, 11) is -3.53. The zero-order valence-corrected chi connectivity index (χ0v) is 16.9. The molecule has 1 N–H and O–H groups in total. The van der Waals surface area contributed by atoms with E-state index in [1.54, 1.807) is 26.0 Å². The maximum absolute atomic E-state index is 12.5. The van der Waals surface area contributed by atoms with Gasteiger partial charge in [-0.2, -0.15) is 0 Å². The van der Waals surface area contributed by atoms with Gasteiger partial charge in [-0.3, -0.25) is 4.79 Å². The van der Waals surface area contributed by atoms with E-state index in [1.807, 2.05) is 11.0 Å². The highest BCUT2D eigenvalue weighted by atomic mass is 32.2. The summed E-state index contributed by atoms with van der Waals surface area (Å²) >= 11 is 0. The summed E-state index contributed by atoms with van der Waals surface area (Å²) in [5.41, 5.74) is 1.74. The van der Waals surface area contributed by atoms with E-state index in [2.05, 4.69) is 23.5 Å². The lowest BCUT2D eigenvalue weighted by Crippen LogP contribution is -2.40. The second kappa shape index (κ2) is 6.85. The summed E-state index contributed by atoms with van der Waals surface area (Å²) in [5, 5.41) is 0. The van der Waals surface area contributed by atoms with Crippen LogP contribution in [-0.2, 0) is 20.2 Å². The first-order chi connectivity index (χ1) is 12.1. The van der Waals surface area contributed by atoms with Gasteiger partial charge in [0.05, 0.1) is 11.4 Å². The standard InChI is InChI=1S/C19H29N3O3S/c1-14(2)20-26(24,25)15-7-8-17-16(11-15)19(3,4)13-22(17)12-18(23)21-9-5-6-10-21/h7-8,11,14,20H,5-6,9-10,12-13H2,1-4H3. The Kier molecular flexibility index (Phi) is 5.05. The van der Waals surface area contributed by atoms with E-state index in [9.17, 15) is 13.2 Å². The average Bonchev–Trinajstić information content (AvgIpc) is 3.13. The first-order valence-electron chi connectivity index (χ1n) is 9.30. The summed E-state index contributed by atoms with van der Waals surface area (Å²) in [6, 6.07) is 5.09. The molecule has 1 aromatic rings. The van der Waals surface area contributed by atoms with Crippen LogP contribution >= 0.6 is 0 Å². The highest BCUT2D eigenvalue weighted by Crippen LogP contribution is 2.41. The van der Waals surface area contributed by atoms with Gasteiger partial charge in [-0.1, -0.05) is 13.8 Å². The van der Waals surface area contributed by atoms with Crippen molar-refractivity contribution in [1.82, 2.24) is 9.62 Å². The van der Waals surface area contributed by atoms with E-state index >= 15 is 0 Å². The van der Waals surface area contributed by atoms with Crippen molar-refractivity contribution < 1.29 is 13.2 Å². The molecule has 26 heavy (non-hydrogen) atoms. The van der Waals surface area contributed by atoms with Gasteiger partial charge in [0.1, 0.15) is 0 Å². The first-order valence-corrected chi connectivity index (χ1v) is 10.8. The Hall–Kier alpha value is -1.60. The van der Waals surface area contributed by atoms with Crippen molar-refractivity contribution in [2.24, 2.45) is 0 Å². The smallest absolute Gasteiger partial charge is 0.242 e. The average molecular weight is 380 g/mol. The molecule has 1 fully saturated rings. The summed E-state index contributed by atoms with van der Waals surface area (Å²) < 4.78 is 27.6. The monoisotopic (exact) mass is 379 g/mol. The Labute approximate surface area is 156 Å². The first kappa shape index (κ1) is 19.2. The zero-order valence-electron chi connectivity index (χ0n) is 16.1. The molecule has 2 aliphatic rings. The third-order valence-corrected chi connectivity index (χ3v) is 6.77. The van der Waals surface area contributed by atoms with Crippen molar-refractivity contribution in [1.29, 1.82) is 0 Å². The molecule has 0 spiro atoms.